The number of aryl methyl sites for hydroxylation is 1. The molecule has 0 aromatic carbocycles. The minimum Gasteiger partial charge on any atom is -0.477 e. The molecule has 0 aliphatic rings. The van der Waals surface area contributed by atoms with Crippen LogP contribution in [0.4, 0.5) is 0 Å². The topological polar surface area (TPSA) is 80.9 Å². The number of carboxylic acid groups (broad SMARTS) is 1. The van der Waals surface area contributed by atoms with E-state index in [4.69, 9.17) is 5.11 Å². The minimum absolute atomic E-state index is 0. The van der Waals surface area contributed by atoms with Crippen LogP contribution in [0.5, 0.6) is 0 Å². The predicted octanol–water partition coefficient (Wildman–Crippen LogP) is 1.09. The molecule has 16 heavy (non-hydrogen) atoms. The van der Waals surface area contributed by atoms with Gasteiger partial charge in [-0.15, -0.1) is 17.2 Å². The molecule has 0 saturated heterocycles. The van der Waals surface area contributed by atoms with Gasteiger partial charge >= 0.3 is 5.97 Å². The summed E-state index contributed by atoms with van der Waals surface area (Å²) in [4.78, 5) is 15.9. The highest BCUT2D eigenvalue weighted by molar-refractivity contribution is 5.85. The van der Waals surface area contributed by atoms with E-state index in [0.717, 1.165) is 5.69 Å². The van der Waals surface area contributed by atoms with E-state index in [-0.39, 0.29) is 18.1 Å². The first-order valence-electron chi connectivity index (χ1n) is 4.26. The van der Waals surface area contributed by atoms with E-state index < -0.39 is 5.97 Å². The maximum Gasteiger partial charge on any atom is 0.354 e. The molecule has 0 atom stereocenters. The Morgan fingerprint density at radius 2 is 2.19 bits per heavy atom. The van der Waals surface area contributed by atoms with Crippen molar-refractivity contribution in [3.05, 3.63) is 35.8 Å². The maximum absolute atomic E-state index is 10.7. The van der Waals surface area contributed by atoms with E-state index in [1.807, 2.05) is 0 Å². The lowest BCUT2D eigenvalue weighted by Gasteiger charge is -1.99. The Bertz CT molecular complexity index is 512. The summed E-state index contributed by atoms with van der Waals surface area (Å²) < 4.78 is 0. The number of nitrogens with zero attached hydrogens (tertiary/aromatic N) is 4. The zero-order chi connectivity index (χ0) is 10.8. The fraction of sp³-hybridized carbons (Fsp3) is 0.111. The summed E-state index contributed by atoms with van der Waals surface area (Å²) in [5.74, 6) is -0.677. The normalized spacial score (nSPS) is 9.56. The van der Waals surface area contributed by atoms with Crippen LogP contribution in [0.25, 0.3) is 5.82 Å². The molecule has 0 bridgehead atoms. The van der Waals surface area contributed by atoms with Crippen molar-refractivity contribution in [3.63, 3.8) is 0 Å². The largest absolute Gasteiger partial charge is 0.477 e. The van der Waals surface area contributed by atoms with Crippen LogP contribution >= 0.6 is 12.4 Å². The predicted molar refractivity (Wildman–Crippen MR) is 58.1 cm³/mol. The molecule has 0 unspecified atom stereocenters. The second-order valence-corrected chi connectivity index (χ2v) is 2.96. The highest BCUT2D eigenvalue weighted by Gasteiger charge is 2.07. The number of hydrogen-bond donors (Lipinski definition) is 1. The van der Waals surface area contributed by atoms with Gasteiger partial charge in [-0.25, -0.2) is 9.78 Å². The van der Waals surface area contributed by atoms with Gasteiger partial charge < -0.3 is 5.11 Å². The first-order valence-corrected chi connectivity index (χ1v) is 4.26. The average molecular weight is 241 g/mol. The summed E-state index contributed by atoms with van der Waals surface area (Å²) in [6.45, 7) is 1.80. The molecule has 2 aromatic rings. The fourth-order valence-corrected chi connectivity index (χ4v) is 1.10. The molecule has 1 N–H and O–H groups in total. The van der Waals surface area contributed by atoms with Crippen molar-refractivity contribution in [2.45, 2.75) is 6.92 Å². The summed E-state index contributed by atoms with van der Waals surface area (Å²) >= 11 is 0. The molecular formula is C9H9ClN4O2. The number of hydrogen-bond acceptors (Lipinski definition) is 4. The van der Waals surface area contributed by atoms with Gasteiger partial charge in [0.1, 0.15) is 0 Å². The molecule has 0 amide bonds. The van der Waals surface area contributed by atoms with Crippen LogP contribution in [0.1, 0.15) is 16.2 Å². The van der Waals surface area contributed by atoms with Crippen LogP contribution in [0.3, 0.4) is 0 Å². The molecule has 0 radical (unpaired) electrons. The van der Waals surface area contributed by atoms with Crippen molar-refractivity contribution in [1.29, 1.82) is 0 Å². The molecular weight excluding hydrogens is 232 g/mol. The van der Waals surface area contributed by atoms with Crippen molar-refractivity contribution in [2.75, 3.05) is 0 Å². The number of carboxylic acids is 1. The number of halogens is 1. The van der Waals surface area contributed by atoms with Crippen molar-refractivity contribution < 1.29 is 9.90 Å². The van der Waals surface area contributed by atoms with Gasteiger partial charge in [-0.3, -0.25) is 0 Å². The van der Waals surface area contributed by atoms with Crippen molar-refractivity contribution in [2.24, 2.45) is 0 Å². The van der Waals surface area contributed by atoms with E-state index in [9.17, 15) is 4.79 Å². The zero-order valence-electron chi connectivity index (χ0n) is 8.36. The standard InChI is InChI=1S/C9H8N4O2.ClH/c1-6-5-10-13(12-6)8-4-2-3-7(11-8)9(14)15;/h2-5H,1H3,(H,14,15);1H. The molecule has 84 valence electrons. The quantitative estimate of drug-likeness (QED) is 0.850. The number of aromatic carboxylic acids is 1. The Morgan fingerprint density at radius 3 is 2.75 bits per heavy atom. The van der Waals surface area contributed by atoms with E-state index in [1.165, 1.54) is 10.9 Å². The summed E-state index contributed by atoms with van der Waals surface area (Å²) in [5.41, 5.74) is 0.722. The summed E-state index contributed by atoms with van der Waals surface area (Å²) in [5, 5.41) is 16.7. The van der Waals surface area contributed by atoms with Gasteiger partial charge in [0.2, 0.25) is 0 Å². The molecule has 6 nitrogen and oxygen atoms in total. The van der Waals surface area contributed by atoms with Gasteiger partial charge in [-0.05, 0) is 19.1 Å². The molecule has 0 spiro atoms. The molecule has 2 rings (SSSR count). The molecule has 2 aromatic heterocycles. The monoisotopic (exact) mass is 240 g/mol. The van der Waals surface area contributed by atoms with E-state index in [2.05, 4.69) is 15.2 Å². The summed E-state index contributed by atoms with van der Waals surface area (Å²) in [6.07, 6.45) is 1.58. The van der Waals surface area contributed by atoms with Crippen LogP contribution in [0.2, 0.25) is 0 Å². The lowest BCUT2D eigenvalue weighted by atomic mass is 10.3. The lowest BCUT2D eigenvalue weighted by Crippen LogP contribution is -2.06. The van der Waals surface area contributed by atoms with Crippen LogP contribution in [-0.2, 0) is 0 Å². The third-order valence-electron chi connectivity index (χ3n) is 1.76. The lowest BCUT2D eigenvalue weighted by molar-refractivity contribution is 0.0690. The van der Waals surface area contributed by atoms with Gasteiger partial charge in [-0.1, -0.05) is 6.07 Å². The van der Waals surface area contributed by atoms with Crippen LogP contribution in [0.15, 0.2) is 24.4 Å². The van der Waals surface area contributed by atoms with Crippen molar-refractivity contribution >= 4 is 18.4 Å². The third kappa shape index (κ3) is 2.34. The Labute approximate surface area is 97.3 Å². The molecule has 7 heteroatoms. The van der Waals surface area contributed by atoms with Crippen LogP contribution in [-0.4, -0.2) is 31.1 Å². The van der Waals surface area contributed by atoms with Crippen LogP contribution in [0, 0.1) is 6.92 Å². The van der Waals surface area contributed by atoms with Gasteiger partial charge in [0, 0.05) is 0 Å². The second-order valence-electron chi connectivity index (χ2n) is 2.96. The minimum atomic E-state index is -1.07. The van der Waals surface area contributed by atoms with Crippen LogP contribution < -0.4 is 0 Å². The van der Waals surface area contributed by atoms with Gasteiger partial charge in [0.05, 0.1) is 11.9 Å². The van der Waals surface area contributed by atoms with Gasteiger partial charge in [0.15, 0.2) is 11.5 Å². The highest BCUT2D eigenvalue weighted by Crippen LogP contribution is 2.03. The van der Waals surface area contributed by atoms with Gasteiger partial charge in [-0.2, -0.15) is 10.2 Å². The molecule has 0 fully saturated rings. The Morgan fingerprint density at radius 1 is 1.44 bits per heavy atom. The van der Waals surface area contributed by atoms with Gasteiger partial charge in [0.25, 0.3) is 0 Å². The van der Waals surface area contributed by atoms with E-state index in [0.29, 0.717) is 5.82 Å². The number of rotatable bonds is 2. The first-order chi connectivity index (χ1) is 7.16. The SMILES string of the molecule is Cc1cnn(-c2cccc(C(=O)O)n2)n1.Cl. The molecule has 2 heterocycles. The third-order valence-corrected chi connectivity index (χ3v) is 1.76. The fourth-order valence-electron chi connectivity index (χ4n) is 1.10. The Balaban J connectivity index is 0.00000128. The Hall–Kier alpha value is -1.95. The maximum atomic E-state index is 10.7. The zero-order valence-corrected chi connectivity index (χ0v) is 9.18. The highest BCUT2D eigenvalue weighted by atomic mass is 35.5. The summed E-state index contributed by atoms with van der Waals surface area (Å²) in [6, 6.07) is 4.67. The smallest absolute Gasteiger partial charge is 0.354 e. The summed E-state index contributed by atoms with van der Waals surface area (Å²) in [7, 11) is 0. The number of aromatic nitrogens is 4. The molecule has 0 aliphatic heterocycles. The molecule has 0 saturated carbocycles. The Kier molecular flexibility index (Phi) is 3.57. The number of pyridine rings is 1. The average Bonchev–Trinajstić information content (AvgIpc) is 2.65. The number of carbonyl (C=O) groups is 1. The van der Waals surface area contributed by atoms with Crippen molar-refractivity contribution in [1.82, 2.24) is 20.0 Å². The van der Waals surface area contributed by atoms with E-state index >= 15 is 0 Å². The van der Waals surface area contributed by atoms with E-state index in [1.54, 1.807) is 25.3 Å². The second kappa shape index (κ2) is 4.71. The van der Waals surface area contributed by atoms with Crippen molar-refractivity contribution in [3.8, 4) is 5.82 Å². The first kappa shape index (κ1) is 12.1. The molecule has 0 aliphatic carbocycles.